The molecule has 3 aromatic rings. The summed E-state index contributed by atoms with van der Waals surface area (Å²) < 4.78 is 1.30. The van der Waals surface area contributed by atoms with Gasteiger partial charge in [0, 0.05) is 17.2 Å². The number of carboxylic acid groups (broad SMARTS) is 1. The summed E-state index contributed by atoms with van der Waals surface area (Å²) in [5.74, 6) is -1.04. The van der Waals surface area contributed by atoms with Crippen molar-refractivity contribution in [1.29, 1.82) is 0 Å². The largest absolute Gasteiger partial charge is 0.478 e. The Morgan fingerprint density at radius 1 is 1.10 bits per heavy atom. The summed E-state index contributed by atoms with van der Waals surface area (Å²) >= 11 is 1.11. The van der Waals surface area contributed by atoms with Crippen molar-refractivity contribution in [3.05, 3.63) is 59.7 Å². The number of aromatic nitrogens is 4. The number of carbonyl (C=O) groups is 3. The Labute approximate surface area is 175 Å². The molecule has 30 heavy (non-hydrogen) atoms. The van der Waals surface area contributed by atoms with Crippen LogP contribution in [-0.4, -0.2) is 48.7 Å². The van der Waals surface area contributed by atoms with Crippen LogP contribution in [0.4, 0.5) is 5.69 Å². The maximum Gasteiger partial charge on any atom is 0.337 e. The van der Waals surface area contributed by atoms with Crippen LogP contribution < -0.4 is 5.32 Å². The van der Waals surface area contributed by atoms with Crippen LogP contribution in [0.3, 0.4) is 0 Å². The molecule has 10 heteroatoms. The number of anilines is 1. The highest BCUT2D eigenvalue weighted by Gasteiger charge is 2.29. The van der Waals surface area contributed by atoms with E-state index in [4.69, 9.17) is 0 Å². The molecule has 0 spiro atoms. The van der Waals surface area contributed by atoms with Gasteiger partial charge in [-0.05, 0) is 59.7 Å². The van der Waals surface area contributed by atoms with Crippen LogP contribution >= 0.6 is 11.8 Å². The first kappa shape index (κ1) is 19.8. The summed E-state index contributed by atoms with van der Waals surface area (Å²) in [6.45, 7) is 0. The molecule has 2 aromatic carbocycles. The van der Waals surface area contributed by atoms with Gasteiger partial charge in [0.1, 0.15) is 0 Å². The average Bonchev–Trinajstić information content (AvgIpc) is 3.51. The van der Waals surface area contributed by atoms with Gasteiger partial charge in [-0.25, -0.2) is 4.79 Å². The van der Waals surface area contributed by atoms with E-state index in [1.807, 2.05) is 0 Å². The maximum atomic E-state index is 12.5. The van der Waals surface area contributed by atoms with Gasteiger partial charge in [-0.1, -0.05) is 23.9 Å². The van der Waals surface area contributed by atoms with E-state index in [9.17, 15) is 19.5 Å². The first-order chi connectivity index (χ1) is 14.5. The molecule has 1 fully saturated rings. The van der Waals surface area contributed by atoms with E-state index in [0.29, 0.717) is 22.1 Å². The molecular formula is C20H17N5O4S. The van der Waals surface area contributed by atoms with Crippen LogP contribution in [0.1, 0.15) is 33.6 Å². The highest BCUT2D eigenvalue weighted by atomic mass is 32.2. The molecule has 1 heterocycles. The molecule has 0 radical (unpaired) electrons. The molecule has 0 aliphatic heterocycles. The first-order valence-electron chi connectivity index (χ1n) is 9.21. The van der Waals surface area contributed by atoms with E-state index < -0.39 is 5.97 Å². The van der Waals surface area contributed by atoms with Crippen LogP contribution in [0, 0.1) is 5.92 Å². The number of nitrogens with zero attached hydrogens (tertiary/aromatic N) is 4. The number of aromatic carboxylic acids is 1. The highest BCUT2D eigenvalue weighted by molar-refractivity contribution is 7.99. The fraction of sp³-hybridized carbons (Fsp3) is 0.200. The predicted octanol–water partition coefficient (Wildman–Crippen LogP) is 2.68. The summed E-state index contributed by atoms with van der Waals surface area (Å²) in [7, 11) is 0. The second-order valence-corrected chi connectivity index (χ2v) is 7.69. The van der Waals surface area contributed by atoms with Crippen molar-refractivity contribution in [3.63, 3.8) is 0 Å². The molecule has 1 aliphatic rings. The minimum absolute atomic E-state index is 0.0121. The number of amides is 1. The van der Waals surface area contributed by atoms with Gasteiger partial charge in [0.25, 0.3) is 0 Å². The second-order valence-electron chi connectivity index (χ2n) is 6.75. The van der Waals surface area contributed by atoms with Crippen molar-refractivity contribution in [1.82, 2.24) is 20.2 Å². The summed E-state index contributed by atoms with van der Waals surface area (Å²) in [5.41, 5.74) is 1.53. The number of hydrogen-bond acceptors (Lipinski definition) is 7. The summed E-state index contributed by atoms with van der Waals surface area (Å²) in [6, 6.07) is 13.1. The number of hydrogen-bond donors (Lipinski definition) is 2. The monoisotopic (exact) mass is 423 g/mol. The van der Waals surface area contributed by atoms with Crippen LogP contribution in [0.5, 0.6) is 0 Å². The van der Waals surface area contributed by atoms with E-state index in [2.05, 4.69) is 20.8 Å². The van der Waals surface area contributed by atoms with E-state index in [-0.39, 0.29) is 28.9 Å². The molecule has 9 nitrogen and oxygen atoms in total. The van der Waals surface area contributed by atoms with E-state index in [0.717, 1.165) is 24.6 Å². The van der Waals surface area contributed by atoms with Gasteiger partial charge < -0.3 is 10.4 Å². The number of ketones is 1. The standard InChI is InChI=1S/C20H17N5O4S/c26-17(12-7-9-14(10-8-12)21-18(27)13-5-6-13)11-30-20-22-23-24-25(20)16-4-2-1-3-15(16)19(28)29/h1-4,7-10,13H,5-6,11H2,(H,21,27)(H,28,29). The van der Waals surface area contributed by atoms with Gasteiger partial charge in [-0.3, -0.25) is 9.59 Å². The zero-order valence-electron chi connectivity index (χ0n) is 15.7. The van der Waals surface area contributed by atoms with Gasteiger partial charge in [0.05, 0.1) is 17.0 Å². The minimum Gasteiger partial charge on any atom is -0.478 e. The van der Waals surface area contributed by atoms with E-state index >= 15 is 0 Å². The van der Waals surface area contributed by atoms with E-state index in [1.54, 1.807) is 42.5 Å². The zero-order chi connectivity index (χ0) is 21.1. The molecule has 1 aromatic heterocycles. The minimum atomic E-state index is -1.10. The fourth-order valence-electron chi connectivity index (χ4n) is 2.80. The number of rotatable bonds is 8. The van der Waals surface area contributed by atoms with E-state index in [1.165, 1.54) is 10.7 Å². The molecule has 4 rings (SSSR count). The van der Waals surface area contributed by atoms with Gasteiger partial charge >= 0.3 is 5.97 Å². The van der Waals surface area contributed by atoms with Gasteiger partial charge in [-0.2, -0.15) is 4.68 Å². The lowest BCUT2D eigenvalue weighted by Gasteiger charge is -2.07. The van der Waals surface area contributed by atoms with Crippen molar-refractivity contribution in [3.8, 4) is 5.69 Å². The predicted molar refractivity (Wildman–Crippen MR) is 109 cm³/mol. The number of nitrogens with one attached hydrogen (secondary N) is 1. The second kappa shape index (κ2) is 8.46. The van der Waals surface area contributed by atoms with Crippen LogP contribution in [0.15, 0.2) is 53.7 Å². The summed E-state index contributed by atoms with van der Waals surface area (Å²) in [4.78, 5) is 35.8. The van der Waals surface area contributed by atoms with Gasteiger partial charge in [-0.15, -0.1) is 5.10 Å². The third kappa shape index (κ3) is 4.38. The number of carbonyl (C=O) groups excluding carboxylic acids is 2. The van der Waals surface area contributed by atoms with Crippen molar-refractivity contribution in [2.75, 3.05) is 11.1 Å². The third-order valence-electron chi connectivity index (χ3n) is 4.56. The Hall–Kier alpha value is -3.53. The zero-order valence-corrected chi connectivity index (χ0v) is 16.5. The number of Topliss-reactive ketones (excluding diaryl/α,β-unsaturated/α-hetero) is 1. The first-order valence-corrected chi connectivity index (χ1v) is 10.2. The Kier molecular flexibility index (Phi) is 5.57. The SMILES string of the molecule is O=C(CSc1nnnn1-c1ccccc1C(=O)O)c1ccc(NC(=O)C2CC2)cc1. The van der Waals surface area contributed by atoms with Gasteiger partial charge in [0.2, 0.25) is 11.1 Å². The maximum absolute atomic E-state index is 12.5. The quantitative estimate of drug-likeness (QED) is 0.418. The normalized spacial score (nSPS) is 13.1. The van der Waals surface area contributed by atoms with Crippen LogP contribution in [0.2, 0.25) is 0 Å². The molecule has 0 bridgehead atoms. The van der Waals surface area contributed by atoms with Crippen molar-refractivity contribution in [2.24, 2.45) is 5.92 Å². The number of tetrazole rings is 1. The fourth-order valence-corrected chi connectivity index (χ4v) is 3.58. The third-order valence-corrected chi connectivity index (χ3v) is 5.48. The molecule has 2 N–H and O–H groups in total. The number of thioether (sulfide) groups is 1. The molecular weight excluding hydrogens is 406 g/mol. The molecule has 0 unspecified atom stereocenters. The molecule has 1 amide bonds. The van der Waals surface area contributed by atoms with Crippen LogP contribution in [-0.2, 0) is 4.79 Å². The number of para-hydroxylation sites is 1. The molecule has 0 atom stereocenters. The van der Waals surface area contributed by atoms with Crippen molar-refractivity contribution >= 4 is 35.1 Å². The molecule has 0 saturated heterocycles. The Bertz CT molecular complexity index is 1110. The highest BCUT2D eigenvalue weighted by Crippen LogP contribution is 2.30. The molecule has 1 saturated carbocycles. The topological polar surface area (TPSA) is 127 Å². The van der Waals surface area contributed by atoms with Gasteiger partial charge in [0.15, 0.2) is 5.78 Å². The Balaban J connectivity index is 1.42. The van der Waals surface area contributed by atoms with Crippen molar-refractivity contribution in [2.45, 2.75) is 18.0 Å². The number of carboxylic acids is 1. The average molecular weight is 423 g/mol. The lowest BCUT2D eigenvalue weighted by molar-refractivity contribution is -0.117. The summed E-state index contributed by atoms with van der Waals surface area (Å²) in [6.07, 6.45) is 1.85. The van der Waals surface area contributed by atoms with Crippen molar-refractivity contribution < 1.29 is 19.5 Å². The Morgan fingerprint density at radius 2 is 1.83 bits per heavy atom. The number of benzene rings is 2. The smallest absolute Gasteiger partial charge is 0.337 e. The molecule has 152 valence electrons. The lowest BCUT2D eigenvalue weighted by Crippen LogP contribution is -2.13. The lowest BCUT2D eigenvalue weighted by atomic mass is 10.1. The Morgan fingerprint density at radius 3 is 2.53 bits per heavy atom. The summed E-state index contributed by atoms with van der Waals surface area (Å²) in [5, 5.41) is 23.9. The molecule has 1 aliphatic carbocycles. The van der Waals surface area contributed by atoms with Crippen LogP contribution in [0.25, 0.3) is 5.69 Å².